The molecule has 0 aliphatic carbocycles. The molecule has 0 saturated carbocycles. The van der Waals surface area contributed by atoms with Gasteiger partial charge in [-0.3, -0.25) is 0 Å². The fraction of sp³-hybridized carbons (Fsp3) is 0. The Hall–Kier alpha value is 2.00. The van der Waals surface area contributed by atoms with Crippen molar-refractivity contribution in [3.63, 3.8) is 0 Å². The van der Waals surface area contributed by atoms with E-state index >= 15 is 0 Å². The maximum absolute atomic E-state index is 10.4. The van der Waals surface area contributed by atoms with Crippen LogP contribution in [0.25, 0.3) is 0 Å². The van der Waals surface area contributed by atoms with Crippen molar-refractivity contribution in [2.75, 3.05) is 0 Å². The second-order valence-corrected chi connectivity index (χ2v) is 5.82. The molecule has 1 unspecified atom stereocenters. The Morgan fingerprint density at radius 2 is 1.00 bits per heavy atom. The van der Waals surface area contributed by atoms with Gasteiger partial charge in [-0.05, 0) is 0 Å². The van der Waals surface area contributed by atoms with E-state index in [9.17, 15) is 13.7 Å². The van der Waals surface area contributed by atoms with E-state index in [1.54, 1.807) is 0 Å². The van der Waals surface area contributed by atoms with Gasteiger partial charge in [-0.1, -0.05) is 0 Å². The predicted octanol–water partition coefficient (Wildman–Crippen LogP) is -1.29. The van der Waals surface area contributed by atoms with Crippen LogP contribution in [0, 0.1) is 0 Å². The molecule has 0 radical (unpaired) electrons. The van der Waals surface area contributed by atoms with Gasteiger partial charge in [0.1, 0.15) is 0 Å². The van der Waals surface area contributed by atoms with Gasteiger partial charge in [-0.25, -0.2) is 21.6 Å². The first kappa shape index (κ1) is 23.1. The van der Waals surface area contributed by atoms with Gasteiger partial charge in [0.25, 0.3) is 0 Å². The summed E-state index contributed by atoms with van der Waals surface area (Å²) in [7, 11) is -13.6. The zero-order chi connectivity index (χ0) is 12.9. The van der Waals surface area contributed by atoms with Crippen molar-refractivity contribution in [2.45, 2.75) is 0 Å². The van der Waals surface area contributed by atoms with Crippen molar-refractivity contribution in [3.8, 4) is 0 Å². The monoisotopic (exact) mass is 384 g/mol. The molecule has 0 rings (SSSR count). The first-order valence-electron chi connectivity index (χ1n) is 2.86. The summed E-state index contributed by atoms with van der Waals surface area (Å²) in [5.41, 5.74) is 0. The van der Waals surface area contributed by atoms with Crippen LogP contribution < -0.4 is 0 Å². The maximum atomic E-state index is 10.4. The van der Waals surface area contributed by atoms with E-state index in [0.717, 1.165) is 0 Å². The number of rotatable bonds is 4. The minimum atomic E-state index is -5.46. The third-order valence-electron chi connectivity index (χ3n) is 0.419. The smallest absolute Gasteiger partial charge is 0.302 e. The first-order valence-corrected chi connectivity index (χ1v) is 12.0. The van der Waals surface area contributed by atoms with Crippen molar-refractivity contribution in [1.82, 2.24) is 0 Å². The van der Waals surface area contributed by atoms with Gasteiger partial charge in [-0.15, -0.1) is 0 Å². The molecular formula is H9AlO10P4Zn. The average molecular weight is 385 g/mol. The SMILES string of the molecule is O=P(O)(O)OP(=O)(O)OP(=O)(O)O.[AlH2][PH2].[Zn]. The molecule has 94 valence electrons. The Labute approximate surface area is 113 Å². The van der Waals surface area contributed by atoms with Gasteiger partial charge >= 0.3 is 23.5 Å². The van der Waals surface area contributed by atoms with Gasteiger partial charge in [-0.2, -0.15) is 8.62 Å². The van der Waals surface area contributed by atoms with Crippen LogP contribution in [0.5, 0.6) is 0 Å². The molecule has 16 heteroatoms. The van der Waals surface area contributed by atoms with Gasteiger partial charge in [0.15, 0.2) is 0 Å². The molecule has 0 aromatic rings. The van der Waals surface area contributed by atoms with Crippen molar-refractivity contribution in [1.29, 1.82) is 0 Å². The zero-order valence-corrected chi connectivity index (χ0v) is 16.7. The Kier molecular flexibility index (Phi) is 13.0. The molecule has 1 atom stereocenters. The molecule has 0 spiro atoms. The normalized spacial score (nSPS) is 12.1. The van der Waals surface area contributed by atoms with Crippen LogP contribution in [0.3, 0.4) is 0 Å². The van der Waals surface area contributed by atoms with Gasteiger partial charge in [0.05, 0.1) is 0 Å². The Bertz CT molecular complexity index is 285. The molecule has 0 bridgehead atoms. The van der Waals surface area contributed by atoms with Crippen molar-refractivity contribution < 1.29 is 66.3 Å². The minimum absolute atomic E-state index is 0. The zero-order valence-electron chi connectivity index (χ0n) is 7.90. The standard InChI is InChI=1S/Al.H5O10P3.H2P.Zn.2H/c;1-11(2,3)9-13(7,8)10-12(4,5)6;;;;/h;(H,7,8)(H2,1,2,3)(H2,4,5,6);1H2;;;/q+1;;-1;;;. The summed E-state index contributed by atoms with van der Waals surface area (Å²) in [5.74, 6) is 0. The van der Waals surface area contributed by atoms with Crippen LogP contribution in [-0.2, 0) is 41.8 Å². The second-order valence-electron chi connectivity index (χ2n) is 1.61. The van der Waals surface area contributed by atoms with Crippen molar-refractivity contribution >= 4 is 47.2 Å². The van der Waals surface area contributed by atoms with Gasteiger partial charge < -0.3 is 24.5 Å². The predicted molar refractivity (Wildman–Crippen MR) is 54.3 cm³/mol. The maximum Gasteiger partial charge on any atom is 0.490 e. The van der Waals surface area contributed by atoms with Gasteiger partial charge in [0, 0.05) is 19.5 Å². The summed E-state index contributed by atoms with van der Waals surface area (Å²) in [4.78, 5) is 40.2. The van der Waals surface area contributed by atoms with Crippen LogP contribution in [0.15, 0.2) is 0 Å². The van der Waals surface area contributed by atoms with E-state index in [2.05, 4.69) is 16.5 Å². The van der Waals surface area contributed by atoms with E-state index in [0.29, 0.717) is 0 Å². The van der Waals surface area contributed by atoms with Gasteiger partial charge in [0.2, 0.25) is 15.8 Å². The molecular weight excluding hydrogens is 376 g/mol. The quantitative estimate of drug-likeness (QED) is 0.290. The Morgan fingerprint density at radius 3 is 1.12 bits per heavy atom. The molecule has 16 heavy (non-hydrogen) atoms. The number of hydrogen-bond donors (Lipinski definition) is 5. The van der Waals surface area contributed by atoms with Crippen LogP contribution >= 0.6 is 31.4 Å². The molecule has 0 amide bonds. The van der Waals surface area contributed by atoms with Crippen molar-refractivity contribution in [2.24, 2.45) is 0 Å². The minimum Gasteiger partial charge on any atom is -0.302 e. The van der Waals surface area contributed by atoms with E-state index in [1.165, 1.54) is 15.8 Å². The van der Waals surface area contributed by atoms with E-state index in [4.69, 9.17) is 24.5 Å². The Balaban J connectivity index is -0.000000529. The number of hydrogen-bond acceptors (Lipinski definition) is 5. The fourth-order valence-corrected chi connectivity index (χ4v) is 2.82. The summed E-state index contributed by atoms with van der Waals surface area (Å²) in [6.45, 7) is 0. The largest absolute Gasteiger partial charge is 0.490 e. The van der Waals surface area contributed by atoms with E-state index < -0.39 is 23.5 Å². The Morgan fingerprint density at radius 1 is 0.812 bits per heavy atom. The molecule has 0 aromatic heterocycles. The summed E-state index contributed by atoms with van der Waals surface area (Å²) in [5, 5.41) is 0. The first-order chi connectivity index (χ1) is 6.41. The third-order valence-corrected chi connectivity index (χ3v) is 3.77. The molecule has 0 fully saturated rings. The van der Waals surface area contributed by atoms with Crippen LogP contribution in [0.4, 0.5) is 0 Å². The fourth-order valence-electron chi connectivity index (χ4n) is 0.284. The summed E-state index contributed by atoms with van der Waals surface area (Å²) in [6.07, 6.45) is 0. The van der Waals surface area contributed by atoms with Crippen LogP contribution in [0.1, 0.15) is 0 Å². The van der Waals surface area contributed by atoms with E-state index in [1.807, 2.05) is 0 Å². The second kappa shape index (κ2) is 8.99. The molecule has 0 saturated heterocycles. The molecule has 0 aromatic carbocycles. The molecule has 0 aliphatic heterocycles. The van der Waals surface area contributed by atoms with Crippen LogP contribution in [0.2, 0.25) is 0 Å². The summed E-state index contributed by atoms with van der Waals surface area (Å²) >= 11 is 1.22. The number of phosphoric acid groups is 3. The van der Waals surface area contributed by atoms with Crippen LogP contribution in [-0.4, -0.2) is 40.3 Å². The molecule has 0 heterocycles. The topological polar surface area (TPSA) is 171 Å². The average Bonchev–Trinajstić information content (AvgIpc) is 1.79. The van der Waals surface area contributed by atoms with E-state index in [-0.39, 0.29) is 19.5 Å². The third kappa shape index (κ3) is 18.4. The summed E-state index contributed by atoms with van der Waals surface area (Å²) in [6, 6.07) is 0. The summed E-state index contributed by atoms with van der Waals surface area (Å²) < 4.78 is 36.4. The van der Waals surface area contributed by atoms with Crippen molar-refractivity contribution in [3.05, 3.63) is 0 Å². The molecule has 10 nitrogen and oxygen atoms in total. The molecule has 5 N–H and O–H groups in total. The molecule has 0 aliphatic rings.